The number of unbranched alkanes of at least 4 members (excludes halogenated alkanes) is 1. The van der Waals surface area contributed by atoms with Crippen molar-refractivity contribution in [3.8, 4) is 11.1 Å². The van der Waals surface area contributed by atoms with Crippen molar-refractivity contribution in [2.45, 2.75) is 65.8 Å². The van der Waals surface area contributed by atoms with Crippen LogP contribution in [-0.2, 0) is 15.7 Å². The minimum absolute atomic E-state index is 0.171. The van der Waals surface area contributed by atoms with E-state index in [-0.39, 0.29) is 11.4 Å². The highest BCUT2D eigenvalue weighted by Crippen LogP contribution is 2.43. The Hall–Kier alpha value is -2.54. The van der Waals surface area contributed by atoms with Gasteiger partial charge in [0.15, 0.2) is 5.66 Å². The zero-order valence-corrected chi connectivity index (χ0v) is 24.9. The summed E-state index contributed by atoms with van der Waals surface area (Å²) in [6.45, 7) is 14.2. The third-order valence-corrected chi connectivity index (χ3v) is 7.36. The highest BCUT2D eigenvalue weighted by molar-refractivity contribution is 6.48. The van der Waals surface area contributed by atoms with Crippen molar-refractivity contribution >= 4 is 26.6 Å². The molecule has 7 heteroatoms. The second-order valence-corrected chi connectivity index (χ2v) is 13.2. The second kappa shape index (κ2) is 12.3. The van der Waals surface area contributed by atoms with Crippen LogP contribution in [-0.4, -0.2) is 39.3 Å². The maximum Gasteiger partial charge on any atom is 0.338 e. The number of rotatable bonds is 10. The lowest BCUT2D eigenvalue weighted by Gasteiger charge is -2.42. The van der Waals surface area contributed by atoms with Crippen LogP contribution < -0.4 is 5.32 Å². The molecule has 1 radical (unpaired) electrons. The quantitative estimate of drug-likeness (QED) is 0.148. The zero-order chi connectivity index (χ0) is 27.2. The molecule has 2 aromatic carbocycles. The van der Waals surface area contributed by atoms with Crippen molar-refractivity contribution in [2.75, 3.05) is 13.7 Å². The van der Waals surface area contributed by atoms with Gasteiger partial charge >= 0.3 is 5.97 Å². The fraction of sp³-hybridized carbons (Fsp3) is 0.433. The number of nitrogens with zero attached hydrogens (tertiary/aromatic N) is 1. The van der Waals surface area contributed by atoms with Crippen molar-refractivity contribution in [3.63, 3.8) is 0 Å². The topological polar surface area (TPSA) is 50.8 Å². The Labute approximate surface area is 229 Å². The molecule has 37 heavy (non-hydrogen) atoms. The van der Waals surface area contributed by atoms with Crippen LogP contribution in [0.25, 0.3) is 11.1 Å². The summed E-state index contributed by atoms with van der Waals surface area (Å²) in [5, 5.41) is 4.26. The summed E-state index contributed by atoms with van der Waals surface area (Å²) < 4.78 is 11.3. The molecule has 199 valence electrons. The van der Waals surface area contributed by atoms with Gasteiger partial charge in [0.05, 0.1) is 25.0 Å². The zero-order valence-electron chi connectivity index (χ0n) is 23.2. The van der Waals surface area contributed by atoms with Crippen molar-refractivity contribution < 1.29 is 14.0 Å². The van der Waals surface area contributed by atoms with Gasteiger partial charge in [-0.15, -0.1) is 0 Å². The first kappa shape index (κ1) is 29.0. The van der Waals surface area contributed by atoms with Crippen LogP contribution in [0.5, 0.6) is 0 Å². The van der Waals surface area contributed by atoms with Gasteiger partial charge in [-0.05, 0) is 48.3 Å². The molecule has 1 N–H and O–H groups in total. The molecule has 0 saturated carbocycles. The van der Waals surface area contributed by atoms with Crippen molar-refractivity contribution in [3.05, 3.63) is 82.7 Å². The van der Waals surface area contributed by atoms with Crippen molar-refractivity contribution in [1.82, 2.24) is 10.2 Å². The molecule has 1 aliphatic rings. The largest absolute Gasteiger partial charge is 0.465 e. The molecule has 0 amide bonds. The van der Waals surface area contributed by atoms with Crippen molar-refractivity contribution in [1.29, 1.82) is 0 Å². The Balaban J connectivity index is 2.00. The fourth-order valence-corrected chi connectivity index (χ4v) is 5.63. The molecule has 0 bridgehead atoms. The molecule has 5 nitrogen and oxygen atoms in total. The smallest absolute Gasteiger partial charge is 0.338 e. The minimum atomic E-state index is -0.903. The number of carbonyl (C=O) groups is 1. The number of hydrogen-bond donors (Lipinski definition) is 1. The Morgan fingerprint density at radius 2 is 1.81 bits per heavy atom. The molecule has 1 aliphatic heterocycles. The summed E-state index contributed by atoms with van der Waals surface area (Å²) in [5.74, 6) is -0.339. The van der Waals surface area contributed by atoms with Gasteiger partial charge in [0.25, 0.3) is 0 Å². The van der Waals surface area contributed by atoms with Gasteiger partial charge in [-0.25, -0.2) is 4.79 Å². The molecule has 0 aromatic heterocycles. The molecule has 0 fully saturated rings. The molecule has 1 atom stereocenters. The van der Waals surface area contributed by atoms with Crippen LogP contribution in [0.4, 0.5) is 0 Å². The molecule has 2 aromatic rings. The van der Waals surface area contributed by atoms with Crippen LogP contribution in [0.15, 0.2) is 71.5 Å². The first-order valence-electron chi connectivity index (χ1n) is 12.9. The van der Waals surface area contributed by atoms with Gasteiger partial charge in [0.1, 0.15) is 5.16 Å². The van der Waals surface area contributed by atoms with E-state index in [2.05, 4.69) is 87.4 Å². The number of halogens is 1. The van der Waals surface area contributed by atoms with Gasteiger partial charge in [-0.1, -0.05) is 94.3 Å². The number of esters is 1. The number of methoxy groups -OCH3 is 1. The number of allylic oxidation sites excluding steroid dienone is 2. The number of hydrogen-bond acceptors (Lipinski definition) is 5. The summed E-state index contributed by atoms with van der Waals surface area (Å²) >= 11 is 6.90. The monoisotopic (exact) mass is 539 g/mol. The molecule has 1 unspecified atom stereocenters. The van der Waals surface area contributed by atoms with E-state index in [9.17, 15) is 4.79 Å². The van der Waals surface area contributed by atoms with E-state index in [1.165, 1.54) is 7.11 Å². The Morgan fingerprint density at radius 3 is 2.41 bits per heavy atom. The second-order valence-electron chi connectivity index (χ2n) is 10.7. The lowest BCUT2D eigenvalue weighted by Crippen LogP contribution is -2.55. The van der Waals surface area contributed by atoms with Crippen LogP contribution in [0.2, 0.25) is 13.1 Å². The SMILES string of the molecule is CCCC=CC1(CO[Si](C)C)NC(Cl)=C(C(C)(C)C)N1Cc1ccc(-c2ccccc2C(=O)OC)cc1. The molecule has 3 rings (SSSR count). The van der Waals surface area contributed by atoms with Gasteiger partial charge in [-0.3, -0.25) is 0 Å². The van der Waals surface area contributed by atoms with Crippen LogP contribution in [0.1, 0.15) is 56.5 Å². The Bertz CT molecular complexity index is 1140. The standard InChI is InChI=1S/C30H40ClN2O3Si/c1-8-9-12-19-30(21-36-37(6)7)32-27(31)26(29(2,3)4)33(30)20-22-15-17-23(18-16-22)24-13-10-11-14-25(24)28(34)35-5/h10-19,32H,8-9,20-21H2,1-7H3. The first-order chi connectivity index (χ1) is 17.5. The van der Waals surface area contributed by atoms with Gasteiger partial charge < -0.3 is 19.4 Å². The normalized spacial score (nSPS) is 18.1. The predicted molar refractivity (Wildman–Crippen MR) is 154 cm³/mol. The molecular formula is C30H40ClN2O3Si. The van der Waals surface area contributed by atoms with E-state index < -0.39 is 14.7 Å². The van der Waals surface area contributed by atoms with Gasteiger partial charge in [-0.2, -0.15) is 0 Å². The Morgan fingerprint density at radius 1 is 1.14 bits per heavy atom. The van der Waals surface area contributed by atoms with Crippen molar-refractivity contribution in [2.24, 2.45) is 5.41 Å². The Kier molecular flexibility index (Phi) is 9.67. The number of nitrogens with one attached hydrogen (secondary N) is 1. The lowest BCUT2D eigenvalue weighted by molar-refractivity contribution is 0.0601. The highest BCUT2D eigenvalue weighted by Gasteiger charge is 2.46. The number of carbonyl (C=O) groups excluding carboxylic acids is 1. The summed E-state index contributed by atoms with van der Waals surface area (Å²) in [6, 6.07) is 15.9. The molecule has 0 aliphatic carbocycles. The summed E-state index contributed by atoms with van der Waals surface area (Å²) in [4.78, 5) is 14.6. The summed E-state index contributed by atoms with van der Waals surface area (Å²) in [5.41, 5.74) is 3.85. The summed E-state index contributed by atoms with van der Waals surface area (Å²) in [7, 11) is 0.503. The minimum Gasteiger partial charge on any atom is -0.465 e. The van der Waals surface area contributed by atoms with E-state index in [0.29, 0.717) is 23.9 Å². The van der Waals surface area contributed by atoms with Gasteiger partial charge in [0, 0.05) is 12.0 Å². The van der Waals surface area contributed by atoms with E-state index in [0.717, 1.165) is 35.2 Å². The van der Waals surface area contributed by atoms with Gasteiger partial charge in [0.2, 0.25) is 9.04 Å². The van der Waals surface area contributed by atoms with E-state index in [4.69, 9.17) is 20.8 Å². The fourth-order valence-electron chi connectivity index (χ4n) is 4.58. The molecular weight excluding hydrogens is 500 g/mol. The van der Waals surface area contributed by atoms with Crippen LogP contribution in [0.3, 0.4) is 0 Å². The third kappa shape index (κ3) is 6.86. The number of ether oxygens (including phenoxy) is 1. The average Bonchev–Trinajstić information content (AvgIpc) is 3.14. The van der Waals surface area contributed by atoms with E-state index in [1.807, 2.05) is 18.2 Å². The third-order valence-electron chi connectivity index (χ3n) is 6.36. The predicted octanol–water partition coefficient (Wildman–Crippen LogP) is 7.32. The lowest BCUT2D eigenvalue weighted by atomic mass is 9.90. The van der Waals surface area contributed by atoms with E-state index >= 15 is 0 Å². The molecule has 0 spiro atoms. The van der Waals surface area contributed by atoms with Crippen LogP contribution >= 0.6 is 11.6 Å². The number of benzene rings is 2. The average molecular weight is 540 g/mol. The molecule has 0 saturated heterocycles. The van der Waals surface area contributed by atoms with E-state index in [1.54, 1.807) is 6.07 Å². The first-order valence-corrected chi connectivity index (χ1v) is 15.6. The summed E-state index contributed by atoms with van der Waals surface area (Å²) in [6.07, 6.45) is 6.52. The maximum absolute atomic E-state index is 12.3. The highest BCUT2D eigenvalue weighted by atomic mass is 35.5. The maximum atomic E-state index is 12.3. The molecule has 1 heterocycles. The van der Waals surface area contributed by atoms with Crippen LogP contribution in [0, 0.1) is 5.41 Å².